The fourth-order valence-corrected chi connectivity index (χ4v) is 14.8. The van der Waals surface area contributed by atoms with Crippen LogP contribution in [-0.2, 0) is 96.0 Å². The maximum Gasteiger partial charge on any atom is 0.326 e. The summed E-state index contributed by atoms with van der Waals surface area (Å²) in [6.07, 6.45) is -3.90. The van der Waals surface area contributed by atoms with Gasteiger partial charge in [0.1, 0.15) is 102 Å². The number of aromatic hydroxyl groups is 2. The number of unbranched alkanes of at least 4 members (excludes halogenated alkanes) is 1. The molecule has 4 rings (SSSR count). The number of benzene rings is 2. The molecule has 0 saturated carbocycles. The highest BCUT2D eigenvalue weighted by molar-refractivity contribution is 7.81. The van der Waals surface area contributed by atoms with E-state index in [-0.39, 0.29) is 152 Å². The zero-order chi connectivity index (χ0) is 104. The third kappa shape index (κ3) is 39.7. The number of H-pyrrole nitrogens is 1. The van der Waals surface area contributed by atoms with E-state index >= 15 is 4.79 Å². The number of phenolic OH excluding ortho intramolecular Hbond substituents is 2. The largest absolute Gasteiger partial charge is 0.508 e. The minimum atomic E-state index is -1.95. The second kappa shape index (κ2) is 59.1. The predicted octanol–water partition coefficient (Wildman–Crippen LogP) is -9.19. The number of rotatable bonds is 61. The van der Waals surface area contributed by atoms with Crippen LogP contribution in [0.1, 0.15) is 149 Å². The number of hydrogen-bond acceptors (Lipinski definition) is 31. The van der Waals surface area contributed by atoms with Crippen LogP contribution in [0.5, 0.6) is 11.5 Å². The zero-order valence-corrected chi connectivity index (χ0v) is 80.5. The fraction of sp³-hybridized carbons (Fsp3) is 0.616. The number of amides is 15. The van der Waals surface area contributed by atoms with Crippen molar-refractivity contribution in [3.8, 4) is 11.5 Å². The molecule has 2 heterocycles. The minimum absolute atomic E-state index is 0.0328. The molecule has 1 aliphatic rings. The van der Waals surface area contributed by atoms with E-state index in [2.05, 4.69) is 120 Å². The van der Waals surface area contributed by atoms with Gasteiger partial charge in [-0.1, -0.05) is 58.4 Å². The number of aromatic nitrogens is 2. The van der Waals surface area contributed by atoms with Crippen LogP contribution < -0.4 is 125 Å². The molecule has 0 radical (unpaired) electrons. The summed E-state index contributed by atoms with van der Waals surface area (Å²) in [7, 11) is 0. The summed E-state index contributed by atoms with van der Waals surface area (Å²) in [6.45, 7) is 10.9. The Balaban J connectivity index is 1.60. The Kier molecular flexibility index (Phi) is 50.5. The van der Waals surface area contributed by atoms with Crippen LogP contribution >= 0.6 is 25.3 Å². The molecular formula is C86H142N28O22S2. The van der Waals surface area contributed by atoms with Gasteiger partial charge in [-0.05, 0) is 165 Å². The Morgan fingerprint density at radius 3 is 1.24 bits per heavy atom. The monoisotopic (exact) mass is 1980 g/mol. The predicted molar refractivity (Wildman–Crippen MR) is 511 cm³/mol. The summed E-state index contributed by atoms with van der Waals surface area (Å²) in [5.41, 5.74) is 41.7. The Bertz CT molecular complexity index is 4540. The second-order valence-electron chi connectivity index (χ2n) is 34.7. The maximum atomic E-state index is 15.0. The topological polar surface area (TPSA) is 849 Å². The number of carbonyl (C=O) groups excluding carboxylic acids is 15. The van der Waals surface area contributed by atoms with Crippen LogP contribution in [-0.4, -0.2) is 323 Å². The Hall–Kier alpha value is -12.3. The Morgan fingerprint density at radius 2 is 0.848 bits per heavy atom. The first-order valence-corrected chi connectivity index (χ1v) is 46.5. The molecule has 50 nitrogen and oxygen atoms in total. The van der Waals surface area contributed by atoms with Crippen molar-refractivity contribution >= 4 is 132 Å². The van der Waals surface area contributed by atoms with Crippen LogP contribution in [0.15, 0.2) is 61.1 Å². The number of nitrogens with zero attached hydrogens (tertiary/aromatic N) is 2. The first-order valence-electron chi connectivity index (χ1n) is 45.4. The van der Waals surface area contributed by atoms with E-state index in [9.17, 15) is 103 Å². The third-order valence-corrected chi connectivity index (χ3v) is 23.2. The normalized spacial score (nSPS) is 16.9. The number of β-amino-alcohol motifs (C(OH)–C–C–N with tert-alkyl or cyclic N) is 1. The number of aliphatic carboxylic acids is 1. The van der Waals surface area contributed by atoms with Gasteiger partial charge in [0.05, 0.1) is 36.4 Å². The summed E-state index contributed by atoms with van der Waals surface area (Å²) in [6, 6.07) is -14.2. The molecule has 2 aromatic carbocycles. The van der Waals surface area contributed by atoms with E-state index in [0.717, 1.165) is 18.7 Å². The average Bonchev–Trinajstić information content (AvgIpc) is 1.65. The van der Waals surface area contributed by atoms with Gasteiger partial charge < -0.3 is 166 Å². The number of hydrogen-bond donors (Lipinski definition) is 34. The quantitative estimate of drug-likeness (QED) is 0.0108. The Morgan fingerprint density at radius 1 is 0.486 bits per heavy atom. The molecule has 0 unspecified atom stereocenters. The highest BCUT2D eigenvalue weighted by atomic mass is 32.1. The molecular weight excluding hydrogens is 1840 g/mol. The molecule has 1 fully saturated rings. The number of carboxylic acid groups (broad SMARTS) is 1. The lowest BCUT2D eigenvalue weighted by Crippen LogP contribution is -2.64. The summed E-state index contributed by atoms with van der Waals surface area (Å²) in [5.74, 6) is -19.2. The number of carbonyl (C=O) groups is 16. The van der Waals surface area contributed by atoms with E-state index in [1.54, 1.807) is 27.7 Å². The van der Waals surface area contributed by atoms with Crippen molar-refractivity contribution in [1.82, 2.24) is 99.9 Å². The van der Waals surface area contributed by atoms with Crippen molar-refractivity contribution in [3.63, 3.8) is 0 Å². The number of nitrogens with two attached hydrogens (primary N) is 7. The number of likely N-dealkylation sites (tertiary alicyclic amines) is 1. The van der Waals surface area contributed by atoms with Gasteiger partial charge in [0.25, 0.3) is 0 Å². The van der Waals surface area contributed by atoms with Gasteiger partial charge in [-0.25, -0.2) is 9.78 Å². The number of phenols is 2. The van der Waals surface area contributed by atoms with E-state index in [1.807, 2.05) is 0 Å². The van der Waals surface area contributed by atoms with Gasteiger partial charge in [0.15, 0.2) is 11.9 Å². The summed E-state index contributed by atoms with van der Waals surface area (Å²) >= 11 is 8.96. The van der Waals surface area contributed by atoms with Crippen molar-refractivity contribution in [3.05, 3.63) is 77.9 Å². The number of nitrogens with one attached hydrogen (secondary N) is 19. The standard InChI is InChI=1S/C86H142N28O22S2/c1-9-43(4)64(110-77(129)62-37-51(119)39-114(62)82(134)63(91)42(2)3)78(130)112-66(45(6)116)80(132)106-58(34-46-17-21-49(117)22-18-46)75(127)113-67(86(7,8)138)81(133)107-59(36-48-38-96-41-99-48)74(126)102-53(15-12-32-97-84(92)93)68(120)103-57(27-31-90)73(125)111-65(44(5)115)79(131)105-56(26-30-89)72(124)100-52(14-10-11-28-87)70(122)109-61(40-137)76(128)104-55(25-29-88)71(123)101-54(16-13-33-98-85(94)95)69(121)108-60(83(135)136)35-47-19-23-50(118)24-20-47/h17-24,38,41-45,51-67,115-119,137-138H,9-16,25-37,39-40,87-91H2,1-8H3,(H,96,99)(H,100,124)(H,101,123)(H,102,126)(H,103,120)(H,104,128)(H,105,131)(H,106,132)(H,107,133)(H,108,121)(H,109,122)(H,110,129)(H,111,125)(H,112,130)(H,113,127)(H,135,136)(H4,92,93,97)(H4,94,95,98)/t43-,44+,45+,51+,52-,53-,54-,55-,56+,57-,58-,59-,60-,61-,62-,63-,64-,65-,66-,67+/m0/s1. The molecule has 20 atom stereocenters. The third-order valence-electron chi connectivity index (χ3n) is 22.5. The van der Waals surface area contributed by atoms with Crippen LogP contribution in [0, 0.1) is 22.7 Å². The molecule has 52 heteroatoms. The number of guanidine groups is 2. The first-order chi connectivity index (χ1) is 65.0. The molecule has 770 valence electrons. The number of aliphatic hydroxyl groups excluding tert-OH is 3. The van der Waals surface area contributed by atoms with E-state index < -0.39 is 244 Å². The number of aliphatic hydroxyl groups is 3. The van der Waals surface area contributed by atoms with Crippen molar-refractivity contribution in [2.45, 2.75) is 271 Å². The number of aromatic amines is 1. The van der Waals surface area contributed by atoms with Gasteiger partial charge in [-0.2, -0.15) is 25.3 Å². The van der Waals surface area contributed by atoms with Gasteiger partial charge in [-0.3, -0.25) is 82.7 Å². The summed E-state index contributed by atoms with van der Waals surface area (Å²) in [5, 5.41) is 119. The highest BCUT2D eigenvalue weighted by Crippen LogP contribution is 2.24. The molecule has 3 aromatic rings. The van der Waals surface area contributed by atoms with Crippen LogP contribution in [0.25, 0.3) is 0 Å². The van der Waals surface area contributed by atoms with Crippen molar-refractivity contribution < 1.29 is 107 Å². The van der Waals surface area contributed by atoms with Gasteiger partial charge in [0, 0.05) is 62.0 Å². The zero-order valence-electron chi connectivity index (χ0n) is 78.7. The van der Waals surface area contributed by atoms with Gasteiger partial charge in [0.2, 0.25) is 88.6 Å². The molecule has 0 aliphatic carbocycles. The molecule has 0 spiro atoms. The second-order valence-corrected chi connectivity index (χ2v) is 36.2. The molecule has 1 aliphatic heterocycles. The van der Waals surface area contributed by atoms with Crippen LogP contribution in [0.3, 0.4) is 0 Å². The first kappa shape index (κ1) is 118. The fourth-order valence-electron chi connectivity index (χ4n) is 14.4. The van der Waals surface area contributed by atoms with Gasteiger partial charge in [-0.15, -0.1) is 0 Å². The van der Waals surface area contributed by atoms with Crippen molar-refractivity contribution in [1.29, 1.82) is 10.8 Å². The number of imidazole rings is 1. The van der Waals surface area contributed by atoms with E-state index in [0.29, 0.717) is 17.5 Å². The highest BCUT2D eigenvalue weighted by Gasteiger charge is 2.46. The van der Waals surface area contributed by atoms with Gasteiger partial charge >= 0.3 is 5.97 Å². The number of thiol groups is 2. The minimum Gasteiger partial charge on any atom is -0.508 e. The number of carboxylic acids is 1. The van der Waals surface area contributed by atoms with Crippen LogP contribution in [0.2, 0.25) is 0 Å². The van der Waals surface area contributed by atoms with Crippen LogP contribution in [0.4, 0.5) is 0 Å². The summed E-state index contributed by atoms with van der Waals surface area (Å²) < 4.78 is -1.58. The molecule has 138 heavy (non-hydrogen) atoms. The van der Waals surface area contributed by atoms with Crippen molar-refractivity contribution in [2.24, 2.45) is 52.0 Å². The molecule has 1 aromatic heterocycles. The lowest BCUT2D eigenvalue weighted by atomic mass is 9.96. The SMILES string of the molecule is CC[C@H](C)[C@H](NC(=O)[C@@H]1C[C@@H](O)CN1C(=O)[C@@H](N)C(C)C)C(=O)N[C@H](C(=O)N[C@@H](Cc1ccc(O)cc1)C(=O)N[C@H](C(=O)N[C@@H](Cc1c[nH]cn1)C(=O)N[C@@H](CCCNC(=N)N)C(=O)N[C@@H](CCN)C(=O)N[C@H](C(=O)N[C@H](CCN)C(=O)N[C@@H](CCCCN)C(=O)N[C@@H](CS)C(=O)N[C@@H](CCN)C(=O)N[C@@H](CCCNC(=N)N)C(=O)N[C@@H](Cc1ccc(O)cc1)C(=O)O)[C@@H](C)O)C(C)(C)S)[C@@H](C)O. The lowest BCUT2D eigenvalue weighted by molar-refractivity contribution is -0.142. The van der Waals surface area contributed by atoms with E-state index in [1.165, 1.54) is 74.9 Å². The average molecular weight is 1980 g/mol. The van der Waals surface area contributed by atoms with E-state index in [4.69, 9.17) is 51.0 Å². The maximum absolute atomic E-state index is 15.0. The summed E-state index contributed by atoms with van der Waals surface area (Å²) in [4.78, 5) is 237. The molecule has 1 saturated heterocycles. The lowest BCUT2D eigenvalue weighted by Gasteiger charge is -2.33. The molecule has 15 amide bonds. The molecule has 0 bridgehead atoms. The Labute approximate surface area is 810 Å². The smallest absolute Gasteiger partial charge is 0.326 e. The molecule has 39 N–H and O–H groups in total. The van der Waals surface area contributed by atoms with Crippen molar-refractivity contribution in [2.75, 3.05) is 51.6 Å².